The van der Waals surface area contributed by atoms with E-state index >= 15 is 0 Å². The molecular weight excluding hydrogens is 348 g/mol. The van der Waals surface area contributed by atoms with Crippen molar-refractivity contribution in [1.29, 1.82) is 0 Å². The number of amides is 1. The molecular formula is C19H24N4O2S. The van der Waals surface area contributed by atoms with Crippen LogP contribution in [0.4, 0.5) is 0 Å². The molecule has 3 heterocycles. The number of rotatable bonds is 5. The molecule has 2 aromatic heterocycles. The van der Waals surface area contributed by atoms with Crippen LogP contribution in [-0.2, 0) is 11.2 Å². The number of aryl methyl sites for hydroxylation is 2. The van der Waals surface area contributed by atoms with Gasteiger partial charge in [-0.25, -0.2) is 9.97 Å². The number of H-pyrrole nitrogens is 1. The number of carbonyl (C=O) groups is 1. The number of aromatic nitrogens is 3. The van der Waals surface area contributed by atoms with Crippen molar-refractivity contribution in [3.8, 4) is 0 Å². The summed E-state index contributed by atoms with van der Waals surface area (Å²) in [6.07, 6.45) is 4.73. The molecule has 0 aliphatic carbocycles. The molecule has 6 nitrogen and oxygen atoms in total. The average molecular weight is 372 g/mol. The van der Waals surface area contributed by atoms with Gasteiger partial charge in [0, 0.05) is 36.7 Å². The Balaban J connectivity index is 1.45. The predicted molar refractivity (Wildman–Crippen MR) is 102 cm³/mol. The molecule has 7 heteroatoms. The van der Waals surface area contributed by atoms with Crippen molar-refractivity contribution in [3.63, 3.8) is 0 Å². The highest BCUT2D eigenvalue weighted by molar-refractivity contribution is 7.99. The van der Waals surface area contributed by atoms with Crippen LogP contribution in [0.15, 0.2) is 34.3 Å². The molecule has 1 N–H and O–H groups in total. The molecule has 0 aromatic carbocycles. The fourth-order valence-electron chi connectivity index (χ4n) is 3.27. The van der Waals surface area contributed by atoms with Crippen LogP contribution in [0.1, 0.15) is 29.8 Å². The van der Waals surface area contributed by atoms with E-state index in [-0.39, 0.29) is 11.5 Å². The lowest BCUT2D eigenvalue weighted by Crippen LogP contribution is -2.39. The van der Waals surface area contributed by atoms with Gasteiger partial charge in [0.15, 0.2) is 5.16 Å². The third-order valence-corrected chi connectivity index (χ3v) is 5.46. The van der Waals surface area contributed by atoms with Gasteiger partial charge in [-0.05, 0) is 50.7 Å². The lowest BCUT2D eigenvalue weighted by molar-refractivity contribution is -0.129. The molecule has 1 amide bonds. The topological polar surface area (TPSA) is 79.0 Å². The zero-order valence-corrected chi connectivity index (χ0v) is 16.0. The molecule has 26 heavy (non-hydrogen) atoms. The van der Waals surface area contributed by atoms with Crippen LogP contribution in [0.2, 0.25) is 0 Å². The Kier molecular flexibility index (Phi) is 6.08. The first kappa shape index (κ1) is 18.6. The minimum atomic E-state index is -0.0700. The number of likely N-dealkylation sites (tertiary alicyclic amines) is 1. The summed E-state index contributed by atoms with van der Waals surface area (Å²) < 4.78 is 0. The van der Waals surface area contributed by atoms with Crippen molar-refractivity contribution in [3.05, 3.63) is 51.7 Å². The highest BCUT2D eigenvalue weighted by Gasteiger charge is 2.23. The van der Waals surface area contributed by atoms with Gasteiger partial charge in [-0.2, -0.15) is 0 Å². The Morgan fingerprint density at radius 1 is 1.23 bits per heavy atom. The summed E-state index contributed by atoms with van der Waals surface area (Å²) in [5, 5.41) is 0.670. The van der Waals surface area contributed by atoms with Gasteiger partial charge in [0.25, 0.3) is 0 Å². The number of carbonyl (C=O) groups excluding carboxylic acids is 1. The van der Waals surface area contributed by atoms with E-state index in [1.165, 1.54) is 11.8 Å². The van der Waals surface area contributed by atoms with Gasteiger partial charge < -0.3 is 9.88 Å². The first-order valence-electron chi connectivity index (χ1n) is 8.90. The lowest BCUT2D eigenvalue weighted by Gasteiger charge is -2.32. The van der Waals surface area contributed by atoms with Crippen molar-refractivity contribution >= 4 is 17.7 Å². The molecule has 0 unspecified atom stereocenters. The van der Waals surface area contributed by atoms with E-state index in [0.717, 1.165) is 49.3 Å². The van der Waals surface area contributed by atoms with Gasteiger partial charge >= 0.3 is 0 Å². The number of nitrogens with zero attached hydrogens (tertiary/aromatic N) is 3. The van der Waals surface area contributed by atoms with Gasteiger partial charge in [-0.15, -0.1) is 0 Å². The Morgan fingerprint density at radius 3 is 2.54 bits per heavy atom. The van der Waals surface area contributed by atoms with E-state index in [0.29, 0.717) is 16.8 Å². The maximum Gasteiger partial charge on any atom is 0.247 e. The van der Waals surface area contributed by atoms with Gasteiger partial charge in [-0.3, -0.25) is 9.59 Å². The molecule has 138 valence electrons. The van der Waals surface area contributed by atoms with Gasteiger partial charge in [0.05, 0.1) is 5.75 Å². The molecule has 0 radical (unpaired) electrons. The van der Waals surface area contributed by atoms with E-state index < -0.39 is 0 Å². The van der Waals surface area contributed by atoms with Crippen LogP contribution in [-0.4, -0.2) is 44.6 Å². The summed E-state index contributed by atoms with van der Waals surface area (Å²) in [6.45, 7) is 5.46. The first-order chi connectivity index (χ1) is 12.5. The van der Waals surface area contributed by atoms with Crippen molar-refractivity contribution in [2.45, 2.75) is 38.3 Å². The van der Waals surface area contributed by atoms with Crippen LogP contribution in [0.25, 0.3) is 0 Å². The summed E-state index contributed by atoms with van der Waals surface area (Å²) in [6, 6.07) is 5.39. The van der Waals surface area contributed by atoms with Crippen LogP contribution in [0.5, 0.6) is 0 Å². The highest BCUT2D eigenvalue weighted by atomic mass is 32.2. The molecule has 0 bridgehead atoms. The molecule has 1 aliphatic rings. The molecule has 1 aliphatic heterocycles. The van der Waals surface area contributed by atoms with Crippen molar-refractivity contribution in [1.82, 2.24) is 19.9 Å². The number of piperidine rings is 1. The second-order valence-electron chi connectivity index (χ2n) is 6.81. The smallest absolute Gasteiger partial charge is 0.247 e. The SMILES string of the molecule is Cc1cc(C)nc(SCC(=O)N2CCC(Cc3ccc(=O)[nH]c3)CC2)n1. The van der Waals surface area contributed by atoms with E-state index in [4.69, 9.17) is 0 Å². The number of thioether (sulfide) groups is 1. The van der Waals surface area contributed by atoms with Crippen molar-refractivity contribution in [2.75, 3.05) is 18.8 Å². The summed E-state index contributed by atoms with van der Waals surface area (Å²) in [4.78, 5) is 37.0. The van der Waals surface area contributed by atoms with Crippen LogP contribution in [0, 0.1) is 19.8 Å². The molecule has 1 fully saturated rings. The van der Waals surface area contributed by atoms with E-state index in [2.05, 4.69) is 15.0 Å². The molecule has 2 aromatic rings. The minimum Gasteiger partial charge on any atom is -0.342 e. The number of pyridine rings is 1. The number of aromatic amines is 1. The summed E-state index contributed by atoms with van der Waals surface area (Å²) in [5.74, 6) is 1.09. The Morgan fingerprint density at radius 2 is 1.92 bits per heavy atom. The molecule has 0 saturated carbocycles. The van der Waals surface area contributed by atoms with Crippen LogP contribution >= 0.6 is 11.8 Å². The molecule has 0 atom stereocenters. The van der Waals surface area contributed by atoms with Crippen molar-refractivity contribution in [2.24, 2.45) is 5.92 Å². The van der Waals surface area contributed by atoms with Gasteiger partial charge in [-0.1, -0.05) is 17.8 Å². The fourth-order valence-corrected chi connectivity index (χ4v) is 4.12. The standard InChI is InChI=1S/C19H24N4O2S/c1-13-9-14(2)22-19(21-13)26-12-18(25)23-7-5-15(6-8-23)10-16-3-4-17(24)20-11-16/h3-4,9,11,15H,5-8,10,12H2,1-2H3,(H,20,24). The zero-order chi connectivity index (χ0) is 18.5. The maximum absolute atomic E-state index is 12.5. The van der Waals surface area contributed by atoms with Crippen molar-refractivity contribution < 1.29 is 4.79 Å². The minimum absolute atomic E-state index is 0.0700. The van der Waals surface area contributed by atoms with E-state index in [1.54, 1.807) is 12.3 Å². The summed E-state index contributed by atoms with van der Waals surface area (Å²) in [7, 11) is 0. The Bertz CT molecular complexity index is 788. The highest BCUT2D eigenvalue weighted by Crippen LogP contribution is 2.22. The summed E-state index contributed by atoms with van der Waals surface area (Å²) >= 11 is 1.41. The normalized spacial score (nSPS) is 15.2. The Labute approximate surface area is 157 Å². The zero-order valence-electron chi connectivity index (χ0n) is 15.2. The van der Waals surface area contributed by atoms with Crippen LogP contribution in [0.3, 0.4) is 0 Å². The predicted octanol–water partition coefficient (Wildman–Crippen LogP) is 2.36. The third kappa shape index (κ3) is 5.17. The van der Waals surface area contributed by atoms with Gasteiger partial charge in [0.1, 0.15) is 0 Å². The van der Waals surface area contributed by atoms with E-state index in [9.17, 15) is 9.59 Å². The van der Waals surface area contributed by atoms with Gasteiger partial charge in [0.2, 0.25) is 11.5 Å². The largest absolute Gasteiger partial charge is 0.342 e. The third-order valence-electron chi connectivity index (χ3n) is 4.63. The molecule has 3 rings (SSSR count). The molecule has 0 spiro atoms. The monoisotopic (exact) mass is 372 g/mol. The lowest BCUT2D eigenvalue weighted by atomic mass is 9.91. The molecule has 1 saturated heterocycles. The second-order valence-corrected chi connectivity index (χ2v) is 7.75. The second kappa shape index (κ2) is 8.49. The average Bonchev–Trinajstić information content (AvgIpc) is 2.61. The first-order valence-corrected chi connectivity index (χ1v) is 9.88. The quantitative estimate of drug-likeness (QED) is 0.644. The summed E-state index contributed by atoms with van der Waals surface area (Å²) in [5.41, 5.74) is 2.93. The van der Waals surface area contributed by atoms with Crippen LogP contribution < -0.4 is 5.56 Å². The number of hydrogen-bond donors (Lipinski definition) is 1. The number of hydrogen-bond acceptors (Lipinski definition) is 5. The van der Waals surface area contributed by atoms with E-state index in [1.807, 2.05) is 30.9 Å². The maximum atomic E-state index is 12.5. The Hall–Kier alpha value is -2.15. The number of nitrogens with one attached hydrogen (secondary N) is 1. The fraction of sp³-hybridized carbons (Fsp3) is 0.474.